The minimum atomic E-state index is -5.05. The Balaban J connectivity index is 1.80. The molecule has 0 radical (unpaired) electrons. The van der Waals surface area contributed by atoms with Gasteiger partial charge < -0.3 is 9.47 Å². The predicted octanol–water partition coefficient (Wildman–Crippen LogP) is 7.68. The summed E-state index contributed by atoms with van der Waals surface area (Å²) in [6, 6.07) is 17.2. The van der Waals surface area contributed by atoms with Crippen molar-refractivity contribution < 1.29 is 45.5 Å². The Hall–Kier alpha value is -4.13. The largest absolute Gasteiger partial charge is 0.444 e. The summed E-state index contributed by atoms with van der Waals surface area (Å²) in [5.41, 5.74) is -2.02. The Morgan fingerprint density at radius 3 is 1.90 bits per heavy atom. The van der Waals surface area contributed by atoms with Crippen LogP contribution >= 0.6 is 0 Å². The topological polar surface area (TPSA) is 81.9 Å². The summed E-state index contributed by atoms with van der Waals surface area (Å²) in [6.07, 6.45) is -12.1. The van der Waals surface area contributed by atoms with Crippen molar-refractivity contribution >= 4 is 6.09 Å². The van der Waals surface area contributed by atoms with Crippen LogP contribution in [0.2, 0.25) is 0 Å². The van der Waals surface area contributed by atoms with Crippen LogP contribution in [0.1, 0.15) is 47.3 Å². The molecule has 0 aliphatic carbocycles. The zero-order valence-electron chi connectivity index (χ0n) is 22.4. The highest BCUT2D eigenvalue weighted by Crippen LogP contribution is 2.38. The fourth-order valence-corrected chi connectivity index (χ4v) is 4.00. The fraction of sp³-hybridized carbons (Fsp3) is 0.345. The van der Waals surface area contributed by atoms with Crippen LogP contribution in [0.25, 0.3) is 0 Å². The van der Waals surface area contributed by atoms with Crippen LogP contribution in [0.5, 0.6) is 0 Å². The number of nitro groups is 1. The Kier molecular flexibility index (Phi) is 10.9. The molecule has 0 aliphatic rings. The molecular formula is C29H28F6N2O5. The van der Waals surface area contributed by atoms with Gasteiger partial charge in [0.2, 0.25) is 6.04 Å². The third kappa shape index (κ3) is 9.75. The number of alkyl halides is 6. The standard InChI is InChI=1S/C29H28F6N2O5/c1-20(23-14-24(28(30,31)32)16-25(15-23)29(33,34)35)42-19-36(27(38)41-18-22-10-6-3-7-11-22)17-26(37(39)40)13-12-21-8-4-2-5-9-21/h2-11,14-16,20,26H,12-13,17-19H2,1H3/t20-,26?/m1/s1. The van der Waals surface area contributed by atoms with Gasteiger partial charge in [0, 0.05) is 11.3 Å². The molecule has 0 N–H and O–H groups in total. The molecule has 1 amide bonds. The molecule has 0 aromatic heterocycles. The molecule has 42 heavy (non-hydrogen) atoms. The Labute approximate surface area is 237 Å². The van der Waals surface area contributed by atoms with E-state index in [-0.39, 0.29) is 19.1 Å². The Morgan fingerprint density at radius 1 is 0.881 bits per heavy atom. The number of carbonyl (C=O) groups is 1. The van der Waals surface area contributed by atoms with Gasteiger partial charge in [-0.2, -0.15) is 26.3 Å². The van der Waals surface area contributed by atoms with Crippen molar-refractivity contribution in [2.75, 3.05) is 13.3 Å². The van der Waals surface area contributed by atoms with Crippen LogP contribution in [0.15, 0.2) is 78.9 Å². The van der Waals surface area contributed by atoms with Crippen LogP contribution in [0.3, 0.4) is 0 Å². The number of benzene rings is 3. The number of rotatable bonds is 12. The van der Waals surface area contributed by atoms with Gasteiger partial charge in [-0.25, -0.2) is 4.79 Å². The first-order valence-electron chi connectivity index (χ1n) is 12.8. The van der Waals surface area contributed by atoms with Crippen molar-refractivity contribution in [3.63, 3.8) is 0 Å². The minimum Gasteiger partial charge on any atom is -0.444 e. The third-order valence-electron chi connectivity index (χ3n) is 6.36. The molecule has 0 fully saturated rings. The van der Waals surface area contributed by atoms with Crippen LogP contribution in [0.4, 0.5) is 31.1 Å². The van der Waals surface area contributed by atoms with Gasteiger partial charge in [-0.1, -0.05) is 60.7 Å². The third-order valence-corrected chi connectivity index (χ3v) is 6.36. The highest BCUT2D eigenvalue weighted by molar-refractivity contribution is 5.67. The highest BCUT2D eigenvalue weighted by Gasteiger charge is 2.37. The van der Waals surface area contributed by atoms with Crippen LogP contribution in [0, 0.1) is 10.1 Å². The second kappa shape index (κ2) is 14.2. The van der Waals surface area contributed by atoms with Gasteiger partial charge >= 0.3 is 18.4 Å². The molecule has 0 spiro atoms. The van der Waals surface area contributed by atoms with Crippen molar-refractivity contribution in [1.29, 1.82) is 0 Å². The van der Waals surface area contributed by atoms with E-state index in [1.165, 1.54) is 6.92 Å². The van der Waals surface area contributed by atoms with Crippen molar-refractivity contribution in [2.45, 2.75) is 50.9 Å². The number of carbonyl (C=O) groups excluding carboxylic acids is 1. The molecular weight excluding hydrogens is 570 g/mol. The van der Waals surface area contributed by atoms with Gasteiger partial charge in [-0.3, -0.25) is 15.0 Å². The van der Waals surface area contributed by atoms with E-state index in [2.05, 4.69) is 0 Å². The summed E-state index contributed by atoms with van der Waals surface area (Å²) >= 11 is 0. The molecule has 0 heterocycles. The number of amides is 1. The highest BCUT2D eigenvalue weighted by atomic mass is 19.4. The molecule has 3 rings (SSSR count). The lowest BCUT2D eigenvalue weighted by molar-refractivity contribution is -0.523. The normalized spacial score (nSPS) is 13.3. The van der Waals surface area contributed by atoms with Crippen molar-refractivity contribution in [1.82, 2.24) is 4.90 Å². The molecule has 3 aromatic rings. The van der Waals surface area contributed by atoms with Gasteiger partial charge in [0.15, 0.2) is 0 Å². The average Bonchev–Trinajstić information content (AvgIpc) is 2.95. The molecule has 0 bridgehead atoms. The summed E-state index contributed by atoms with van der Waals surface area (Å²) < 4.78 is 90.7. The van der Waals surface area contributed by atoms with Gasteiger partial charge in [0.25, 0.3) is 0 Å². The monoisotopic (exact) mass is 598 g/mol. The van der Waals surface area contributed by atoms with Crippen LogP contribution in [-0.4, -0.2) is 35.2 Å². The first-order valence-corrected chi connectivity index (χ1v) is 12.8. The smallest absolute Gasteiger partial charge is 0.416 e. The zero-order valence-corrected chi connectivity index (χ0v) is 22.4. The number of hydrogen-bond donors (Lipinski definition) is 0. The van der Waals surface area contributed by atoms with Crippen molar-refractivity contribution in [2.24, 2.45) is 0 Å². The Morgan fingerprint density at radius 2 is 1.40 bits per heavy atom. The molecule has 7 nitrogen and oxygen atoms in total. The van der Waals surface area contributed by atoms with Crippen LogP contribution in [-0.2, 0) is 34.9 Å². The van der Waals surface area contributed by atoms with Gasteiger partial charge in [-0.05, 0) is 48.2 Å². The van der Waals surface area contributed by atoms with E-state index in [1.807, 2.05) is 0 Å². The second-order valence-corrected chi connectivity index (χ2v) is 9.50. The summed E-state index contributed by atoms with van der Waals surface area (Å²) in [5.74, 6) is 0. The molecule has 3 aromatic carbocycles. The van der Waals surface area contributed by atoms with E-state index in [1.54, 1.807) is 60.7 Å². The number of halogens is 6. The maximum absolute atomic E-state index is 13.3. The van der Waals surface area contributed by atoms with E-state index < -0.39 is 65.5 Å². The molecule has 13 heteroatoms. The molecule has 1 unspecified atom stereocenters. The number of hydrogen-bond acceptors (Lipinski definition) is 5. The number of nitrogens with zero attached hydrogens (tertiary/aromatic N) is 2. The van der Waals surface area contributed by atoms with E-state index >= 15 is 0 Å². The molecule has 226 valence electrons. The minimum absolute atomic E-state index is 0.00210. The molecule has 0 aliphatic heterocycles. The molecule has 0 saturated heterocycles. The first-order chi connectivity index (χ1) is 19.7. The SMILES string of the molecule is C[C@@H](OCN(CC(CCc1ccccc1)[N+](=O)[O-])C(=O)OCc1ccccc1)c1cc(C(F)(F)F)cc(C(F)(F)F)c1. The summed E-state index contributed by atoms with van der Waals surface area (Å²) in [5, 5.41) is 11.9. The predicted molar refractivity (Wildman–Crippen MR) is 140 cm³/mol. The zero-order chi connectivity index (χ0) is 30.9. The lowest BCUT2D eigenvalue weighted by Gasteiger charge is -2.26. The van der Waals surface area contributed by atoms with Crippen molar-refractivity contribution in [3.05, 3.63) is 117 Å². The van der Waals surface area contributed by atoms with E-state index in [9.17, 15) is 41.3 Å². The van der Waals surface area contributed by atoms with E-state index in [0.717, 1.165) is 10.5 Å². The lowest BCUT2D eigenvalue weighted by Crippen LogP contribution is -2.42. The number of aryl methyl sites for hydroxylation is 1. The van der Waals surface area contributed by atoms with Crippen molar-refractivity contribution in [3.8, 4) is 0 Å². The lowest BCUT2D eigenvalue weighted by atomic mass is 10.0. The maximum atomic E-state index is 13.3. The summed E-state index contributed by atoms with van der Waals surface area (Å²) in [7, 11) is 0. The molecule has 2 atom stereocenters. The van der Waals surface area contributed by atoms with Gasteiger partial charge in [-0.15, -0.1) is 0 Å². The molecule has 0 saturated carbocycles. The summed E-state index contributed by atoms with van der Waals surface area (Å²) in [6.45, 7) is -0.135. The average molecular weight is 599 g/mol. The number of ether oxygens (including phenoxy) is 2. The summed E-state index contributed by atoms with van der Waals surface area (Å²) in [4.78, 5) is 25.1. The van der Waals surface area contributed by atoms with E-state index in [4.69, 9.17) is 9.47 Å². The maximum Gasteiger partial charge on any atom is 0.416 e. The van der Waals surface area contributed by atoms with Gasteiger partial charge in [0.1, 0.15) is 13.3 Å². The first kappa shape index (κ1) is 32.4. The Bertz CT molecular complexity index is 1290. The van der Waals surface area contributed by atoms with Gasteiger partial charge in [0.05, 0.1) is 23.8 Å². The van der Waals surface area contributed by atoms with Crippen LogP contribution < -0.4 is 0 Å². The van der Waals surface area contributed by atoms with E-state index in [0.29, 0.717) is 24.1 Å². The second-order valence-electron chi connectivity index (χ2n) is 9.50. The fourth-order valence-electron chi connectivity index (χ4n) is 4.00. The quantitative estimate of drug-likeness (QED) is 0.0925.